The molecular weight excluding hydrogens is 443 g/mol. The Bertz CT molecular complexity index is 1020. The number of anilines is 1. The Morgan fingerprint density at radius 2 is 1.65 bits per heavy atom. The number of fused-ring (bicyclic) bond motifs is 1. The van der Waals surface area contributed by atoms with Gasteiger partial charge in [-0.15, -0.1) is 0 Å². The number of carbonyl (C=O) groups is 4. The zero-order valence-corrected chi connectivity index (χ0v) is 18.4. The van der Waals surface area contributed by atoms with Crippen LogP contribution in [0.25, 0.3) is 0 Å². The summed E-state index contributed by atoms with van der Waals surface area (Å²) in [5, 5.41) is 3.15. The van der Waals surface area contributed by atoms with Crippen LogP contribution in [0.15, 0.2) is 42.5 Å². The minimum absolute atomic E-state index is 0.0130. The van der Waals surface area contributed by atoms with Crippen LogP contribution in [0.1, 0.15) is 41.0 Å². The van der Waals surface area contributed by atoms with E-state index in [0.29, 0.717) is 5.02 Å². The second-order valence-electron chi connectivity index (χ2n) is 7.45. The van der Waals surface area contributed by atoms with Crippen molar-refractivity contribution in [3.63, 3.8) is 0 Å². The van der Waals surface area contributed by atoms with E-state index in [4.69, 9.17) is 27.9 Å². The highest BCUT2D eigenvalue weighted by Crippen LogP contribution is 2.28. The van der Waals surface area contributed by atoms with E-state index in [1.165, 1.54) is 24.3 Å². The SMILES string of the molecule is CC(C)CC(C(=O)OCC(=O)Nc1cc(Cl)ccc1Cl)N1C(=O)c2ccccc2C1=O. The minimum atomic E-state index is -1.14. The number of nitrogens with zero attached hydrogens (tertiary/aromatic N) is 1. The average molecular weight is 463 g/mol. The molecule has 7 nitrogen and oxygen atoms in total. The van der Waals surface area contributed by atoms with Gasteiger partial charge in [0.1, 0.15) is 6.04 Å². The molecule has 0 saturated heterocycles. The molecule has 2 aromatic carbocycles. The second kappa shape index (κ2) is 9.49. The van der Waals surface area contributed by atoms with Crippen LogP contribution in [0.4, 0.5) is 5.69 Å². The maximum Gasteiger partial charge on any atom is 0.329 e. The summed E-state index contributed by atoms with van der Waals surface area (Å²) in [5.41, 5.74) is 0.749. The quantitative estimate of drug-likeness (QED) is 0.491. The van der Waals surface area contributed by atoms with E-state index in [1.807, 2.05) is 13.8 Å². The smallest absolute Gasteiger partial charge is 0.329 e. The van der Waals surface area contributed by atoms with E-state index in [-0.39, 0.29) is 34.2 Å². The number of hydrogen-bond donors (Lipinski definition) is 1. The molecule has 3 amide bonds. The first-order valence-electron chi connectivity index (χ1n) is 9.57. The van der Waals surface area contributed by atoms with Crippen molar-refractivity contribution >= 4 is 52.6 Å². The molecule has 0 aliphatic carbocycles. The van der Waals surface area contributed by atoms with E-state index in [2.05, 4.69) is 5.32 Å². The normalized spacial score (nSPS) is 13.9. The predicted octanol–water partition coefficient (Wildman–Crippen LogP) is 4.19. The predicted molar refractivity (Wildman–Crippen MR) is 116 cm³/mol. The number of halogens is 2. The first-order valence-corrected chi connectivity index (χ1v) is 10.3. The fourth-order valence-corrected chi connectivity index (χ4v) is 3.59. The van der Waals surface area contributed by atoms with Gasteiger partial charge in [-0.05, 0) is 42.7 Å². The first kappa shape index (κ1) is 22.8. The molecule has 1 N–H and O–H groups in total. The Balaban J connectivity index is 1.71. The lowest BCUT2D eigenvalue weighted by molar-refractivity contribution is -0.151. The molecule has 9 heteroatoms. The highest BCUT2D eigenvalue weighted by molar-refractivity contribution is 6.35. The zero-order valence-electron chi connectivity index (χ0n) is 16.9. The van der Waals surface area contributed by atoms with Crippen molar-refractivity contribution in [2.45, 2.75) is 26.3 Å². The Morgan fingerprint density at radius 1 is 1.03 bits per heavy atom. The molecule has 0 fully saturated rings. The molecule has 162 valence electrons. The van der Waals surface area contributed by atoms with Gasteiger partial charge in [0.25, 0.3) is 17.7 Å². The molecule has 1 unspecified atom stereocenters. The van der Waals surface area contributed by atoms with Gasteiger partial charge in [0.2, 0.25) is 0 Å². The van der Waals surface area contributed by atoms with E-state index in [1.54, 1.807) is 18.2 Å². The summed E-state index contributed by atoms with van der Waals surface area (Å²) in [4.78, 5) is 51.5. The molecule has 3 rings (SSSR count). The van der Waals surface area contributed by atoms with Crippen LogP contribution in [-0.2, 0) is 14.3 Å². The van der Waals surface area contributed by atoms with Crippen molar-refractivity contribution < 1.29 is 23.9 Å². The van der Waals surface area contributed by atoms with Crippen LogP contribution in [-0.4, -0.2) is 41.2 Å². The Hall–Kier alpha value is -2.90. The van der Waals surface area contributed by atoms with E-state index >= 15 is 0 Å². The van der Waals surface area contributed by atoms with E-state index < -0.39 is 36.3 Å². The highest BCUT2D eigenvalue weighted by atomic mass is 35.5. The molecule has 2 aromatic rings. The number of hydrogen-bond acceptors (Lipinski definition) is 5. The third-order valence-electron chi connectivity index (χ3n) is 4.65. The summed E-state index contributed by atoms with van der Waals surface area (Å²) in [6.45, 7) is 3.10. The zero-order chi connectivity index (χ0) is 22.7. The number of esters is 1. The maximum atomic E-state index is 12.8. The topological polar surface area (TPSA) is 92.8 Å². The van der Waals surface area contributed by atoms with Crippen LogP contribution in [0.5, 0.6) is 0 Å². The number of rotatable bonds is 7. The molecule has 1 aliphatic heterocycles. The third kappa shape index (κ3) is 5.06. The van der Waals surface area contributed by atoms with Crippen molar-refractivity contribution in [1.29, 1.82) is 0 Å². The standard InChI is InChI=1S/C22H20Cl2N2O5/c1-12(2)9-18(26-20(28)14-5-3-4-6-15(14)21(26)29)22(30)31-11-19(27)25-17-10-13(23)7-8-16(17)24/h3-8,10,12,18H,9,11H2,1-2H3,(H,25,27). The molecule has 0 radical (unpaired) electrons. The maximum absolute atomic E-state index is 12.8. The first-order chi connectivity index (χ1) is 14.7. The van der Waals surface area contributed by atoms with Gasteiger partial charge in [-0.1, -0.05) is 49.2 Å². The molecule has 0 spiro atoms. The van der Waals surface area contributed by atoms with Crippen LogP contribution in [0.3, 0.4) is 0 Å². The van der Waals surface area contributed by atoms with Gasteiger partial charge in [0, 0.05) is 5.02 Å². The molecular formula is C22H20Cl2N2O5. The molecule has 31 heavy (non-hydrogen) atoms. The number of ether oxygens (including phenoxy) is 1. The molecule has 0 aromatic heterocycles. The lowest BCUT2D eigenvalue weighted by Gasteiger charge is -2.25. The fraction of sp³-hybridized carbons (Fsp3) is 0.273. The number of nitrogens with one attached hydrogen (secondary N) is 1. The van der Waals surface area contributed by atoms with Crippen LogP contribution in [0.2, 0.25) is 10.0 Å². The molecule has 1 atom stereocenters. The Morgan fingerprint density at radius 3 is 2.23 bits per heavy atom. The van der Waals surface area contributed by atoms with E-state index in [9.17, 15) is 19.2 Å². The Kier molecular flexibility index (Phi) is 6.97. The number of benzene rings is 2. The van der Waals surface area contributed by atoms with Crippen molar-refractivity contribution in [3.8, 4) is 0 Å². The Labute approximate surface area is 189 Å². The summed E-state index contributed by atoms with van der Waals surface area (Å²) in [6, 6.07) is 9.78. The van der Waals surface area contributed by atoms with Crippen molar-refractivity contribution in [1.82, 2.24) is 4.90 Å². The van der Waals surface area contributed by atoms with Gasteiger partial charge in [-0.2, -0.15) is 0 Å². The van der Waals surface area contributed by atoms with Gasteiger partial charge >= 0.3 is 5.97 Å². The number of imide groups is 1. The van der Waals surface area contributed by atoms with E-state index in [0.717, 1.165) is 4.90 Å². The molecule has 1 aliphatic rings. The molecule has 1 heterocycles. The molecule has 0 saturated carbocycles. The van der Waals surface area contributed by atoms with Crippen LogP contribution in [0, 0.1) is 5.92 Å². The highest BCUT2D eigenvalue weighted by Gasteiger charge is 2.43. The fourth-order valence-electron chi connectivity index (χ4n) is 3.26. The van der Waals surface area contributed by atoms with Crippen LogP contribution < -0.4 is 5.32 Å². The van der Waals surface area contributed by atoms with Gasteiger partial charge in [-0.3, -0.25) is 19.3 Å². The lowest BCUT2D eigenvalue weighted by atomic mass is 10.0. The minimum Gasteiger partial charge on any atom is -0.454 e. The van der Waals surface area contributed by atoms with Crippen molar-refractivity contribution in [3.05, 3.63) is 63.6 Å². The summed E-state index contributed by atoms with van der Waals surface area (Å²) in [6.07, 6.45) is 0.200. The summed E-state index contributed by atoms with van der Waals surface area (Å²) >= 11 is 11.9. The van der Waals surface area contributed by atoms with Gasteiger partial charge in [-0.25, -0.2) is 4.79 Å². The number of amides is 3. The van der Waals surface area contributed by atoms with Crippen molar-refractivity contribution in [2.75, 3.05) is 11.9 Å². The van der Waals surface area contributed by atoms with Crippen molar-refractivity contribution in [2.24, 2.45) is 5.92 Å². The third-order valence-corrected chi connectivity index (χ3v) is 5.22. The monoisotopic (exact) mass is 462 g/mol. The summed E-state index contributed by atoms with van der Waals surface area (Å²) in [7, 11) is 0. The summed E-state index contributed by atoms with van der Waals surface area (Å²) in [5.74, 6) is -2.60. The summed E-state index contributed by atoms with van der Waals surface area (Å²) < 4.78 is 5.14. The van der Waals surface area contributed by atoms with Gasteiger partial charge in [0.15, 0.2) is 6.61 Å². The largest absolute Gasteiger partial charge is 0.454 e. The van der Waals surface area contributed by atoms with Crippen LogP contribution >= 0.6 is 23.2 Å². The van der Waals surface area contributed by atoms with Gasteiger partial charge in [0.05, 0.1) is 21.8 Å². The second-order valence-corrected chi connectivity index (χ2v) is 8.29. The van der Waals surface area contributed by atoms with Gasteiger partial charge < -0.3 is 10.1 Å². The molecule has 0 bridgehead atoms. The number of carbonyl (C=O) groups excluding carboxylic acids is 4. The lowest BCUT2D eigenvalue weighted by Crippen LogP contribution is -2.46. The average Bonchev–Trinajstić information content (AvgIpc) is 2.97.